The van der Waals surface area contributed by atoms with Gasteiger partial charge in [-0.2, -0.15) is 0 Å². The molecule has 0 amide bonds. The normalized spacial score (nSPS) is 23.6. The van der Waals surface area contributed by atoms with E-state index in [1.54, 1.807) is 7.11 Å². The number of nitrogens with two attached hydrogens (primary N) is 1. The van der Waals surface area contributed by atoms with Gasteiger partial charge in [-0.25, -0.2) is 0 Å². The van der Waals surface area contributed by atoms with Gasteiger partial charge >= 0.3 is 0 Å². The fourth-order valence-corrected chi connectivity index (χ4v) is 1.19. The Labute approximate surface area is 73.4 Å². The van der Waals surface area contributed by atoms with Crippen LogP contribution in [0.25, 0.3) is 0 Å². The maximum Gasteiger partial charge on any atom is 0.123 e. The molecule has 0 radical (unpaired) electrons. The third-order valence-corrected chi connectivity index (χ3v) is 2.02. The fraction of sp³-hybridized carbons (Fsp3) is 0.400. The molecule has 2 heteroatoms. The second-order valence-electron chi connectivity index (χ2n) is 3.03. The van der Waals surface area contributed by atoms with E-state index in [0.717, 1.165) is 17.0 Å². The smallest absolute Gasteiger partial charge is 0.123 e. The molecule has 0 fully saturated rings. The lowest BCUT2D eigenvalue weighted by atomic mass is 10.1. The van der Waals surface area contributed by atoms with Crippen molar-refractivity contribution >= 4 is 0 Å². The Hall–Kier alpha value is -1.18. The number of methoxy groups -OCH3 is 1. The van der Waals surface area contributed by atoms with E-state index in [0.29, 0.717) is 5.92 Å². The van der Waals surface area contributed by atoms with Crippen molar-refractivity contribution in [3.05, 3.63) is 35.3 Å². The zero-order valence-electron chi connectivity index (χ0n) is 7.79. The highest BCUT2D eigenvalue weighted by molar-refractivity contribution is 5.37. The number of hydrogen-bond acceptors (Lipinski definition) is 2. The molecule has 2 N–H and O–H groups in total. The molecule has 0 aromatic rings. The van der Waals surface area contributed by atoms with Gasteiger partial charge in [0.1, 0.15) is 5.76 Å². The first-order valence-electron chi connectivity index (χ1n) is 4.06. The molecule has 1 aliphatic rings. The lowest BCUT2D eigenvalue weighted by Gasteiger charge is -2.05. The van der Waals surface area contributed by atoms with Crippen LogP contribution in [0.4, 0.5) is 0 Å². The zero-order valence-corrected chi connectivity index (χ0v) is 7.79. The van der Waals surface area contributed by atoms with Gasteiger partial charge in [0.05, 0.1) is 7.11 Å². The van der Waals surface area contributed by atoms with E-state index >= 15 is 0 Å². The molecule has 1 atom stereocenters. The minimum Gasteiger partial charge on any atom is -0.496 e. The van der Waals surface area contributed by atoms with E-state index in [2.05, 4.69) is 13.0 Å². The molecule has 1 rings (SSSR count). The number of rotatable bonds is 1. The average Bonchev–Trinajstić information content (AvgIpc) is 2.14. The molecule has 1 unspecified atom stereocenters. The summed E-state index contributed by atoms with van der Waals surface area (Å²) in [6.07, 6.45) is 6.07. The SMILES string of the molecule is COC1=C(C)C(N)=CC(C)C=C1. The number of ether oxygens (including phenoxy) is 1. The Kier molecular flexibility index (Phi) is 2.58. The molecule has 1 aliphatic carbocycles. The van der Waals surface area contributed by atoms with Crippen LogP contribution in [-0.4, -0.2) is 7.11 Å². The predicted molar refractivity (Wildman–Crippen MR) is 50.3 cm³/mol. The molecule has 66 valence electrons. The van der Waals surface area contributed by atoms with Gasteiger partial charge in [0.2, 0.25) is 0 Å². The molecule has 0 aromatic heterocycles. The average molecular weight is 165 g/mol. The highest BCUT2D eigenvalue weighted by Crippen LogP contribution is 2.19. The van der Waals surface area contributed by atoms with Crippen LogP contribution in [0, 0.1) is 5.92 Å². The predicted octanol–water partition coefficient (Wildman–Crippen LogP) is 1.96. The minimum atomic E-state index is 0.382. The van der Waals surface area contributed by atoms with Crippen molar-refractivity contribution in [1.82, 2.24) is 0 Å². The van der Waals surface area contributed by atoms with Crippen LogP contribution in [0.15, 0.2) is 35.3 Å². The fourth-order valence-electron chi connectivity index (χ4n) is 1.19. The maximum atomic E-state index is 5.82. The van der Waals surface area contributed by atoms with E-state index in [1.165, 1.54) is 0 Å². The topological polar surface area (TPSA) is 35.2 Å². The van der Waals surface area contributed by atoms with Crippen molar-refractivity contribution in [2.24, 2.45) is 11.7 Å². The van der Waals surface area contributed by atoms with Gasteiger partial charge in [0.15, 0.2) is 0 Å². The van der Waals surface area contributed by atoms with Crippen molar-refractivity contribution in [3.8, 4) is 0 Å². The van der Waals surface area contributed by atoms with Gasteiger partial charge in [-0.15, -0.1) is 0 Å². The quantitative estimate of drug-likeness (QED) is 0.644. The summed E-state index contributed by atoms with van der Waals surface area (Å²) in [5.74, 6) is 1.24. The van der Waals surface area contributed by atoms with Crippen LogP contribution in [0.1, 0.15) is 13.8 Å². The Morgan fingerprint density at radius 1 is 1.50 bits per heavy atom. The molecule has 0 spiro atoms. The van der Waals surface area contributed by atoms with Crippen molar-refractivity contribution < 1.29 is 4.74 Å². The zero-order chi connectivity index (χ0) is 9.14. The summed E-state index contributed by atoms with van der Waals surface area (Å²) in [6, 6.07) is 0. The van der Waals surface area contributed by atoms with Crippen LogP contribution >= 0.6 is 0 Å². The molecule has 0 heterocycles. The maximum absolute atomic E-state index is 5.82. The van der Waals surface area contributed by atoms with Gasteiger partial charge in [0.25, 0.3) is 0 Å². The summed E-state index contributed by atoms with van der Waals surface area (Å²) in [7, 11) is 1.66. The third-order valence-electron chi connectivity index (χ3n) is 2.02. The van der Waals surface area contributed by atoms with Crippen molar-refractivity contribution in [1.29, 1.82) is 0 Å². The highest BCUT2D eigenvalue weighted by Gasteiger charge is 2.07. The first-order valence-corrected chi connectivity index (χ1v) is 4.06. The van der Waals surface area contributed by atoms with E-state index < -0.39 is 0 Å². The summed E-state index contributed by atoms with van der Waals surface area (Å²) in [5.41, 5.74) is 7.64. The summed E-state index contributed by atoms with van der Waals surface area (Å²) >= 11 is 0. The Balaban J connectivity index is 3.05. The molecule has 0 aromatic carbocycles. The molecule has 0 saturated heterocycles. The molecular formula is C10H15NO. The summed E-state index contributed by atoms with van der Waals surface area (Å²) < 4.78 is 5.17. The van der Waals surface area contributed by atoms with Gasteiger partial charge in [-0.05, 0) is 18.9 Å². The Morgan fingerprint density at radius 2 is 2.17 bits per heavy atom. The molecule has 12 heavy (non-hydrogen) atoms. The first-order chi connectivity index (χ1) is 5.65. The second kappa shape index (κ2) is 3.48. The minimum absolute atomic E-state index is 0.382. The van der Waals surface area contributed by atoms with Crippen LogP contribution in [-0.2, 0) is 4.74 Å². The van der Waals surface area contributed by atoms with E-state index in [4.69, 9.17) is 10.5 Å². The monoisotopic (exact) mass is 165 g/mol. The van der Waals surface area contributed by atoms with Crippen molar-refractivity contribution in [3.63, 3.8) is 0 Å². The number of allylic oxidation sites excluding steroid dienone is 4. The standard InChI is InChI=1S/C10H15NO/c1-7-4-5-10(12-3)8(2)9(11)6-7/h4-7H,11H2,1-3H3. The lowest BCUT2D eigenvalue weighted by molar-refractivity contribution is 0.303. The molecule has 2 nitrogen and oxygen atoms in total. The van der Waals surface area contributed by atoms with Crippen LogP contribution in [0.2, 0.25) is 0 Å². The third kappa shape index (κ3) is 1.70. The van der Waals surface area contributed by atoms with E-state index in [9.17, 15) is 0 Å². The largest absolute Gasteiger partial charge is 0.496 e. The van der Waals surface area contributed by atoms with Gasteiger partial charge < -0.3 is 10.5 Å². The van der Waals surface area contributed by atoms with Crippen LogP contribution < -0.4 is 5.73 Å². The number of hydrogen-bond donors (Lipinski definition) is 1. The van der Waals surface area contributed by atoms with Crippen molar-refractivity contribution in [2.75, 3.05) is 7.11 Å². The summed E-state index contributed by atoms with van der Waals surface area (Å²) in [5, 5.41) is 0. The van der Waals surface area contributed by atoms with Crippen LogP contribution in [0.3, 0.4) is 0 Å². The molecule has 0 saturated carbocycles. The Bertz CT molecular complexity index is 261. The second-order valence-corrected chi connectivity index (χ2v) is 3.03. The summed E-state index contributed by atoms with van der Waals surface area (Å²) in [4.78, 5) is 0. The molecule has 0 bridgehead atoms. The van der Waals surface area contributed by atoms with Crippen molar-refractivity contribution in [2.45, 2.75) is 13.8 Å². The molecule has 0 aliphatic heterocycles. The Morgan fingerprint density at radius 3 is 2.75 bits per heavy atom. The highest BCUT2D eigenvalue weighted by atomic mass is 16.5. The first kappa shape index (κ1) is 8.91. The summed E-state index contributed by atoms with van der Waals surface area (Å²) in [6.45, 7) is 4.06. The lowest BCUT2D eigenvalue weighted by Crippen LogP contribution is -2.02. The van der Waals surface area contributed by atoms with E-state index in [-0.39, 0.29) is 0 Å². The van der Waals surface area contributed by atoms with Crippen LogP contribution in [0.5, 0.6) is 0 Å². The molecular weight excluding hydrogens is 150 g/mol. The van der Waals surface area contributed by atoms with Gasteiger partial charge in [-0.3, -0.25) is 0 Å². The van der Waals surface area contributed by atoms with Gasteiger partial charge in [0, 0.05) is 11.3 Å². The van der Waals surface area contributed by atoms with Gasteiger partial charge in [-0.1, -0.05) is 19.1 Å². The van der Waals surface area contributed by atoms with E-state index in [1.807, 2.05) is 19.1 Å².